The van der Waals surface area contributed by atoms with Gasteiger partial charge in [-0.2, -0.15) is 14.5 Å². The standard InChI is InChI=1S/C19H25N5O3S/c1-3-4-8-19(21-22-19)9-10-20-18(25)16-6-5-7-17(15-16)28(26,27)24-13-11-23(2)12-14-24/h1,5-7,15H,4,8-14H2,2H3,(H,20,25). The quantitative estimate of drug-likeness (QED) is 0.663. The molecule has 0 unspecified atom stereocenters. The summed E-state index contributed by atoms with van der Waals surface area (Å²) < 4.78 is 27.2. The SMILES string of the molecule is C#CCCC1(CCNC(=O)c2cccc(S(=O)(=O)N3CCN(C)CC3)c2)N=N1. The lowest BCUT2D eigenvalue weighted by Gasteiger charge is -2.31. The molecular weight excluding hydrogens is 378 g/mol. The number of terminal acetylenes is 1. The molecule has 0 aromatic heterocycles. The number of sulfonamides is 1. The Morgan fingerprint density at radius 2 is 1.96 bits per heavy atom. The summed E-state index contributed by atoms with van der Waals surface area (Å²) in [4.78, 5) is 14.7. The van der Waals surface area contributed by atoms with Gasteiger partial charge in [-0.3, -0.25) is 4.79 Å². The van der Waals surface area contributed by atoms with Crippen molar-refractivity contribution < 1.29 is 13.2 Å². The Balaban J connectivity index is 1.59. The minimum atomic E-state index is -3.61. The fourth-order valence-electron chi connectivity index (χ4n) is 3.12. The van der Waals surface area contributed by atoms with Crippen molar-refractivity contribution in [2.75, 3.05) is 39.8 Å². The van der Waals surface area contributed by atoms with Gasteiger partial charge in [-0.05, 0) is 25.2 Å². The number of hydrogen-bond acceptors (Lipinski definition) is 6. The Kier molecular flexibility index (Phi) is 6.13. The number of nitrogens with zero attached hydrogens (tertiary/aromatic N) is 4. The fourth-order valence-corrected chi connectivity index (χ4v) is 4.59. The fraction of sp³-hybridized carbons (Fsp3) is 0.526. The predicted octanol–water partition coefficient (Wildman–Crippen LogP) is 1.32. The van der Waals surface area contributed by atoms with Crippen molar-refractivity contribution in [3.8, 4) is 12.3 Å². The van der Waals surface area contributed by atoms with E-state index in [9.17, 15) is 13.2 Å². The highest BCUT2D eigenvalue weighted by molar-refractivity contribution is 7.89. The number of amides is 1. The number of hydrogen-bond donors (Lipinski definition) is 1. The van der Waals surface area contributed by atoms with Crippen LogP contribution in [0.1, 0.15) is 29.6 Å². The zero-order chi connectivity index (χ0) is 20.2. The normalized spacial score (nSPS) is 19.1. The molecule has 0 spiro atoms. The van der Waals surface area contributed by atoms with Crippen LogP contribution in [0, 0.1) is 12.3 Å². The van der Waals surface area contributed by atoms with Crippen LogP contribution in [-0.4, -0.2) is 69.0 Å². The van der Waals surface area contributed by atoms with Gasteiger partial charge in [0.15, 0.2) is 5.66 Å². The van der Waals surface area contributed by atoms with Gasteiger partial charge >= 0.3 is 0 Å². The number of likely N-dealkylation sites (N-methyl/N-ethyl adjacent to an activating group) is 1. The smallest absolute Gasteiger partial charge is 0.251 e. The van der Waals surface area contributed by atoms with Gasteiger partial charge in [0, 0.05) is 57.5 Å². The Bertz CT molecular complexity index is 892. The van der Waals surface area contributed by atoms with Crippen molar-refractivity contribution >= 4 is 15.9 Å². The van der Waals surface area contributed by atoms with Crippen LogP contribution in [0.2, 0.25) is 0 Å². The first-order valence-corrected chi connectivity index (χ1v) is 10.7. The van der Waals surface area contributed by atoms with Crippen molar-refractivity contribution in [3.05, 3.63) is 29.8 Å². The minimum absolute atomic E-state index is 0.141. The van der Waals surface area contributed by atoms with Crippen molar-refractivity contribution in [3.63, 3.8) is 0 Å². The highest BCUT2D eigenvalue weighted by Crippen LogP contribution is 2.36. The van der Waals surface area contributed by atoms with Crippen LogP contribution in [0.15, 0.2) is 39.4 Å². The van der Waals surface area contributed by atoms with E-state index < -0.39 is 15.7 Å². The maximum Gasteiger partial charge on any atom is 0.251 e. The molecule has 2 aliphatic heterocycles. The van der Waals surface area contributed by atoms with Crippen LogP contribution in [0.4, 0.5) is 0 Å². The maximum absolute atomic E-state index is 12.9. The molecule has 0 bridgehead atoms. The van der Waals surface area contributed by atoms with Gasteiger partial charge < -0.3 is 10.2 Å². The van der Waals surface area contributed by atoms with Crippen molar-refractivity contribution in [2.45, 2.75) is 29.8 Å². The van der Waals surface area contributed by atoms with Gasteiger partial charge in [0.2, 0.25) is 10.0 Å². The molecule has 28 heavy (non-hydrogen) atoms. The predicted molar refractivity (Wildman–Crippen MR) is 105 cm³/mol. The van der Waals surface area contributed by atoms with E-state index in [1.54, 1.807) is 12.1 Å². The van der Waals surface area contributed by atoms with Crippen LogP contribution in [-0.2, 0) is 10.0 Å². The number of nitrogens with one attached hydrogen (secondary N) is 1. The topological polar surface area (TPSA) is 94.4 Å². The molecule has 1 fully saturated rings. The molecule has 150 valence electrons. The number of carbonyl (C=O) groups is 1. The van der Waals surface area contributed by atoms with E-state index in [2.05, 4.69) is 26.4 Å². The summed E-state index contributed by atoms with van der Waals surface area (Å²) in [5, 5.41) is 10.9. The third-order valence-corrected chi connectivity index (χ3v) is 6.95. The highest BCUT2D eigenvalue weighted by atomic mass is 32.2. The van der Waals surface area contributed by atoms with Crippen LogP contribution in [0.3, 0.4) is 0 Å². The van der Waals surface area contributed by atoms with E-state index >= 15 is 0 Å². The molecule has 2 aliphatic rings. The molecule has 1 saturated heterocycles. The summed E-state index contributed by atoms with van der Waals surface area (Å²) in [5.41, 5.74) is -0.135. The molecule has 0 atom stereocenters. The lowest BCUT2D eigenvalue weighted by molar-refractivity contribution is 0.0951. The molecule has 1 N–H and O–H groups in total. The Labute approximate surface area is 166 Å². The second kappa shape index (κ2) is 8.39. The summed E-state index contributed by atoms with van der Waals surface area (Å²) in [5.74, 6) is 2.25. The van der Waals surface area contributed by atoms with Gasteiger partial charge in [-0.25, -0.2) is 8.42 Å². The van der Waals surface area contributed by atoms with Gasteiger partial charge in [0.05, 0.1) is 4.90 Å². The minimum Gasteiger partial charge on any atom is -0.352 e. The molecular formula is C19H25N5O3S. The van der Waals surface area contributed by atoms with Crippen molar-refractivity contribution in [1.82, 2.24) is 14.5 Å². The Morgan fingerprint density at radius 1 is 1.25 bits per heavy atom. The van der Waals surface area contributed by atoms with Gasteiger partial charge in [0.1, 0.15) is 0 Å². The molecule has 0 radical (unpaired) electrons. The van der Waals surface area contributed by atoms with Gasteiger partial charge in [-0.1, -0.05) is 6.07 Å². The van der Waals surface area contributed by atoms with E-state index in [0.29, 0.717) is 57.5 Å². The average molecular weight is 404 g/mol. The lowest BCUT2D eigenvalue weighted by atomic mass is 10.0. The summed E-state index contributed by atoms with van der Waals surface area (Å²) in [6.45, 7) is 2.67. The third kappa shape index (κ3) is 4.76. The van der Waals surface area contributed by atoms with E-state index in [4.69, 9.17) is 6.42 Å². The lowest BCUT2D eigenvalue weighted by Crippen LogP contribution is -2.47. The number of carbonyl (C=O) groups excluding carboxylic acids is 1. The molecule has 8 nitrogen and oxygen atoms in total. The molecule has 1 amide bonds. The van der Waals surface area contributed by atoms with E-state index in [0.717, 1.165) is 0 Å². The first-order valence-electron chi connectivity index (χ1n) is 9.31. The second-order valence-corrected chi connectivity index (χ2v) is 9.07. The van der Waals surface area contributed by atoms with E-state index in [1.165, 1.54) is 16.4 Å². The largest absolute Gasteiger partial charge is 0.352 e. The molecule has 1 aromatic rings. The number of benzene rings is 1. The molecule has 2 heterocycles. The van der Waals surface area contributed by atoms with Crippen molar-refractivity contribution in [2.24, 2.45) is 10.2 Å². The Morgan fingerprint density at radius 3 is 2.61 bits per heavy atom. The molecule has 0 saturated carbocycles. The maximum atomic E-state index is 12.9. The van der Waals surface area contributed by atoms with Crippen LogP contribution < -0.4 is 5.32 Å². The molecule has 9 heteroatoms. The first kappa shape index (κ1) is 20.5. The number of rotatable bonds is 8. The first-order chi connectivity index (χ1) is 13.4. The van der Waals surface area contributed by atoms with Gasteiger partial charge in [0.25, 0.3) is 5.91 Å². The van der Waals surface area contributed by atoms with Crippen LogP contribution >= 0.6 is 0 Å². The molecule has 1 aromatic carbocycles. The average Bonchev–Trinajstić information content (AvgIpc) is 3.47. The van der Waals surface area contributed by atoms with E-state index in [1.807, 2.05) is 7.05 Å². The Hall–Kier alpha value is -2.28. The second-order valence-electron chi connectivity index (χ2n) is 7.13. The van der Waals surface area contributed by atoms with Crippen molar-refractivity contribution in [1.29, 1.82) is 0 Å². The molecule has 0 aliphatic carbocycles. The van der Waals surface area contributed by atoms with E-state index in [-0.39, 0.29) is 10.8 Å². The van der Waals surface area contributed by atoms with Crippen LogP contribution in [0.25, 0.3) is 0 Å². The number of piperazine rings is 1. The third-order valence-electron chi connectivity index (χ3n) is 5.06. The summed E-state index contributed by atoms with van der Waals surface area (Å²) in [6, 6.07) is 6.17. The zero-order valence-corrected chi connectivity index (χ0v) is 16.8. The summed E-state index contributed by atoms with van der Waals surface area (Å²) in [7, 11) is -1.64. The van der Waals surface area contributed by atoms with Crippen LogP contribution in [0.5, 0.6) is 0 Å². The van der Waals surface area contributed by atoms with Gasteiger partial charge in [-0.15, -0.1) is 12.3 Å². The summed E-state index contributed by atoms with van der Waals surface area (Å²) >= 11 is 0. The molecule has 3 rings (SSSR count). The summed E-state index contributed by atoms with van der Waals surface area (Å²) in [6.07, 6.45) is 7.12. The highest BCUT2D eigenvalue weighted by Gasteiger charge is 2.38. The zero-order valence-electron chi connectivity index (χ0n) is 16.0. The monoisotopic (exact) mass is 403 g/mol.